The van der Waals surface area contributed by atoms with Crippen molar-refractivity contribution in [3.05, 3.63) is 29.8 Å². The summed E-state index contributed by atoms with van der Waals surface area (Å²) in [7, 11) is -1.45. The highest BCUT2D eigenvalue weighted by molar-refractivity contribution is 7.89. The SMILES string of the molecule is CNCc1ccc(S(=O)(=O)N2CC(C)C(C)C2)cc1. The maximum Gasteiger partial charge on any atom is 0.243 e. The highest BCUT2D eigenvalue weighted by Gasteiger charge is 2.34. The zero-order chi connectivity index (χ0) is 14.0. The molecule has 1 aromatic rings. The van der Waals surface area contributed by atoms with E-state index in [2.05, 4.69) is 19.2 Å². The molecule has 0 radical (unpaired) electrons. The first-order chi connectivity index (χ1) is 8.95. The maximum absolute atomic E-state index is 12.5. The van der Waals surface area contributed by atoms with Crippen LogP contribution in [0.5, 0.6) is 0 Å². The van der Waals surface area contributed by atoms with Gasteiger partial charge in [0.05, 0.1) is 4.90 Å². The number of sulfonamides is 1. The Morgan fingerprint density at radius 2 is 1.68 bits per heavy atom. The molecule has 0 aromatic heterocycles. The van der Waals surface area contributed by atoms with E-state index in [1.807, 2.05) is 19.2 Å². The lowest BCUT2D eigenvalue weighted by atomic mass is 10.0. The summed E-state index contributed by atoms with van der Waals surface area (Å²) in [5.74, 6) is 0.858. The van der Waals surface area contributed by atoms with Crippen LogP contribution in [0, 0.1) is 11.8 Å². The van der Waals surface area contributed by atoms with Crippen LogP contribution >= 0.6 is 0 Å². The van der Waals surface area contributed by atoms with Gasteiger partial charge in [0.1, 0.15) is 0 Å². The second-order valence-electron chi connectivity index (χ2n) is 5.45. The number of nitrogens with one attached hydrogen (secondary N) is 1. The fourth-order valence-electron chi connectivity index (χ4n) is 2.41. The average molecular weight is 282 g/mol. The van der Waals surface area contributed by atoms with Gasteiger partial charge in [-0.15, -0.1) is 0 Å². The molecule has 0 amide bonds. The molecular formula is C14H22N2O2S. The van der Waals surface area contributed by atoms with Crippen molar-refractivity contribution in [2.45, 2.75) is 25.3 Å². The Morgan fingerprint density at radius 1 is 1.16 bits per heavy atom. The molecule has 2 atom stereocenters. The number of hydrogen-bond acceptors (Lipinski definition) is 3. The van der Waals surface area contributed by atoms with Crippen molar-refractivity contribution in [3.8, 4) is 0 Å². The van der Waals surface area contributed by atoms with Gasteiger partial charge in [-0.05, 0) is 36.6 Å². The van der Waals surface area contributed by atoms with Crippen LogP contribution in [-0.2, 0) is 16.6 Å². The molecule has 0 bridgehead atoms. The summed E-state index contributed by atoms with van der Waals surface area (Å²) in [5, 5.41) is 3.05. The van der Waals surface area contributed by atoms with Crippen molar-refractivity contribution in [1.29, 1.82) is 0 Å². The van der Waals surface area contributed by atoms with Gasteiger partial charge in [0.2, 0.25) is 10.0 Å². The van der Waals surface area contributed by atoms with E-state index in [1.165, 1.54) is 0 Å². The van der Waals surface area contributed by atoms with Crippen molar-refractivity contribution < 1.29 is 8.42 Å². The highest BCUT2D eigenvalue weighted by Crippen LogP contribution is 2.28. The van der Waals surface area contributed by atoms with Crippen LogP contribution in [-0.4, -0.2) is 32.9 Å². The van der Waals surface area contributed by atoms with Crippen molar-refractivity contribution in [3.63, 3.8) is 0 Å². The first kappa shape index (κ1) is 14.5. The molecule has 0 spiro atoms. The molecule has 4 nitrogen and oxygen atoms in total. The molecule has 5 heteroatoms. The second kappa shape index (κ2) is 5.61. The molecule has 106 valence electrons. The van der Waals surface area contributed by atoms with Crippen LogP contribution in [0.3, 0.4) is 0 Å². The molecule has 0 saturated carbocycles. The van der Waals surface area contributed by atoms with E-state index < -0.39 is 10.0 Å². The average Bonchev–Trinajstić information content (AvgIpc) is 2.71. The first-order valence-electron chi connectivity index (χ1n) is 6.69. The summed E-state index contributed by atoms with van der Waals surface area (Å²) in [5.41, 5.74) is 1.09. The second-order valence-corrected chi connectivity index (χ2v) is 7.39. The highest BCUT2D eigenvalue weighted by atomic mass is 32.2. The lowest BCUT2D eigenvalue weighted by Crippen LogP contribution is -2.29. The Kier molecular flexibility index (Phi) is 4.28. The molecule has 1 aliphatic heterocycles. The molecule has 1 aromatic carbocycles. The Hall–Kier alpha value is -0.910. The van der Waals surface area contributed by atoms with Crippen molar-refractivity contribution >= 4 is 10.0 Å². The van der Waals surface area contributed by atoms with Gasteiger partial charge in [0.25, 0.3) is 0 Å². The molecule has 1 heterocycles. The van der Waals surface area contributed by atoms with Crippen LogP contribution in [0.4, 0.5) is 0 Å². The summed E-state index contributed by atoms with van der Waals surface area (Å²) in [4.78, 5) is 0.397. The standard InChI is InChI=1S/C14H22N2O2S/c1-11-9-16(10-12(11)2)19(17,18)14-6-4-13(5-7-14)8-15-3/h4-7,11-12,15H,8-10H2,1-3H3. The number of hydrogen-bond donors (Lipinski definition) is 1. The molecule has 1 N–H and O–H groups in total. The quantitative estimate of drug-likeness (QED) is 0.914. The van der Waals surface area contributed by atoms with Gasteiger partial charge < -0.3 is 5.32 Å². The van der Waals surface area contributed by atoms with Crippen LogP contribution < -0.4 is 5.32 Å². The Balaban J connectivity index is 2.20. The van der Waals surface area contributed by atoms with E-state index in [4.69, 9.17) is 0 Å². The zero-order valence-corrected chi connectivity index (χ0v) is 12.6. The van der Waals surface area contributed by atoms with E-state index in [0.29, 0.717) is 29.8 Å². The minimum absolute atomic E-state index is 0.397. The lowest BCUT2D eigenvalue weighted by Gasteiger charge is -2.16. The smallest absolute Gasteiger partial charge is 0.243 e. The number of nitrogens with zero attached hydrogens (tertiary/aromatic N) is 1. The van der Waals surface area contributed by atoms with Crippen LogP contribution in [0.2, 0.25) is 0 Å². The third kappa shape index (κ3) is 2.99. The third-order valence-corrected chi connectivity index (χ3v) is 5.74. The Bertz CT molecular complexity index is 515. The van der Waals surface area contributed by atoms with Gasteiger partial charge in [-0.25, -0.2) is 8.42 Å². The summed E-state index contributed by atoms with van der Waals surface area (Å²) in [6, 6.07) is 7.14. The van der Waals surface area contributed by atoms with Crippen molar-refractivity contribution in [2.24, 2.45) is 11.8 Å². The predicted octanol–water partition coefficient (Wildman–Crippen LogP) is 1.68. The lowest BCUT2D eigenvalue weighted by molar-refractivity contribution is 0.463. The zero-order valence-electron chi connectivity index (χ0n) is 11.8. The molecule has 1 aliphatic rings. The van der Waals surface area contributed by atoms with Crippen molar-refractivity contribution in [1.82, 2.24) is 9.62 Å². The van der Waals surface area contributed by atoms with E-state index in [9.17, 15) is 8.42 Å². The molecule has 1 fully saturated rings. The maximum atomic E-state index is 12.5. The summed E-state index contributed by atoms with van der Waals surface area (Å²) >= 11 is 0. The normalized spacial score (nSPS) is 24.8. The summed E-state index contributed by atoms with van der Waals surface area (Å²) in [6.45, 7) is 6.22. The fraction of sp³-hybridized carbons (Fsp3) is 0.571. The van der Waals surface area contributed by atoms with E-state index >= 15 is 0 Å². The summed E-state index contributed by atoms with van der Waals surface area (Å²) < 4.78 is 26.6. The topological polar surface area (TPSA) is 49.4 Å². The van der Waals surface area contributed by atoms with Crippen LogP contribution in [0.25, 0.3) is 0 Å². The van der Waals surface area contributed by atoms with Gasteiger partial charge in [-0.3, -0.25) is 0 Å². The number of benzene rings is 1. The minimum atomic E-state index is -3.32. The fourth-order valence-corrected chi connectivity index (χ4v) is 4.05. The minimum Gasteiger partial charge on any atom is -0.316 e. The molecule has 19 heavy (non-hydrogen) atoms. The van der Waals surface area contributed by atoms with Crippen molar-refractivity contribution in [2.75, 3.05) is 20.1 Å². The molecule has 2 unspecified atom stereocenters. The van der Waals surface area contributed by atoms with E-state index in [0.717, 1.165) is 12.1 Å². The third-order valence-electron chi connectivity index (χ3n) is 3.90. The largest absolute Gasteiger partial charge is 0.316 e. The van der Waals surface area contributed by atoms with Gasteiger partial charge in [0, 0.05) is 19.6 Å². The molecule has 1 saturated heterocycles. The summed E-state index contributed by atoms with van der Waals surface area (Å²) in [6.07, 6.45) is 0. The Morgan fingerprint density at radius 3 is 2.16 bits per heavy atom. The Labute approximate surface area is 115 Å². The van der Waals surface area contributed by atoms with Gasteiger partial charge in [0.15, 0.2) is 0 Å². The predicted molar refractivity (Wildman–Crippen MR) is 76.3 cm³/mol. The van der Waals surface area contributed by atoms with Gasteiger partial charge >= 0.3 is 0 Å². The number of rotatable bonds is 4. The monoisotopic (exact) mass is 282 g/mol. The van der Waals surface area contributed by atoms with Gasteiger partial charge in [-0.1, -0.05) is 26.0 Å². The van der Waals surface area contributed by atoms with Gasteiger partial charge in [-0.2, -0.15) is 4.31 Å². The van der Waals surface area contributed by atoms with E-state index in [-0.39, 0.29) is 0 Å². The van der Waals surface area contributed by atoms with Crippen LogP contribution in [0.15, 0.2) is 29.2 Å². The molecular weight excluding hydrogens is 260 g/mol. The molecule has 0 aliphatic carbocycles. The van der Waals surface area contributed by atoms with E-state index in [1.54, 1.807) is 16.4 Å². The first-order valence-corrected chi connectivity index (χ1v) is 8.13. The molecule has 2 rings (SSSR count). The van der Waals surface area contributed by atoms with Crippen LogP contribution in [0.1, 0.15) is 19.4 Å².